The zero-order valence-electron chi connectivity index (χ0n) is 14.4. The van der Waals surface area contributed by atoms with Gasteiger partial charge in [0.25, 0.3) is 0 Å². The molecule has 2 heterocycles. The Labute approximate surface area is 148 Å². The van der Waals surface area contributed by atoms with E-state index in [0.29, 0.717) is 4.08 Å². The Morgan fingerprint density at radius 2 is 1.18 bits per heavy atom. The highest BCUT2D eigenvalue weighted by molar-refractivity contribution is 8.21. The minimum Gasteiger partial charge on any atom is -0.379 e. The van der Waals surface area contributed by atoms with Crippen molar-refractivity contribution in [3.63, 3.8) is 0 Å². The minimum absolute atomic E-state index is 0. The lowest BCUT2D eigenvalue weighted by Gasteiger charge is -2.14. The molecule has 3 nitrogen and oxygen atoms in total. The van der Waals surface area contributed by atoms with Crippen LogP contribution in [0.3, 0.4) is 0 Å². The quantitative estimate of drug-likeness (QED) is 0.557. The second-order valence-corrected chi connectivity index (χ2v) is 10.2. The predicted octanol–water partition coefficient (Wildman–Crippen LogP) is 5.68. The molecular formula is C17H40O3S2. The molecule has 2 aliphatic heterocycles. The van der Waals surface area contributed by atoms with Crippen molar-refractivity contribution in [3.8, 4) is 0 Å². The van der Waals surface area contributed by atoms with Gasteiger partial charge in [0.2, 0.25) is 0 Å². The fourth-order valence-corrected chi connectivity index (χ4v) is 3.72. The second-order valence-electron chi connectivity index (χ2n) is 6.51. The SMILES string of the molecule is C.C.CC1(C)OCCO1.CC1(C)SCCS1.COC(C)(C)C. The molecule has 0 amide bonds. The Kier molecular flexibility index (Phi) is 15.0. The lowest BCUT2D eigenvalue weighted by molar-refractivity contribution is -0.125. The lowest BCUT2D eigenvalue weighted by Crippen LogP contribution is -2.18. The molecule has 0 aromatic carbocycles. The third-order valence-corrected chi connectivity index (χ3v) is 5.75. The van der Waals surface area contributed by atoms with Crippen LogP contribution in [0.25, 0.3) is 0 Å². The van der Waals surface area contributed by atoms with Gasteiger partial charge in [-0.05, 0) is 48.5 Å². The number of ether oxygens (including phenoxy) is 3. The maximum atomic E-state index is 5.12. The molecule has 0 N–H and O–H groups in total. The van der Waals surface area contributed by atoms with E-state index >= 15 is 0 Å². The molecule has 0 saturated carbocycles. The highest BCUT2D eigenvalue weighted by Gasteiger charge is 2.24. The molecular weight excluding hydrogens is 316 g/mol. The molecule has 0 aliphatic carbocycles. The molecule has 0 spiro atoms. The van der Waals surface area contributed by atoms with E-state index in [1.807, 2.05) is 34.6 Å². The second kappa shape index (κ2) is 12.0. The first kappa shape index (κ1) is 27.4. The van der Waals surface area contributed by atoms with Gasteiger partial charge in [0.1, 0.15) is 0 Å². The maximum Gasteiger partial charge on any atom is 0.162 e. The van der Waals surface area contributed by atoms with Gasteiger partial charge in [0, 0.05) is 18.6 Å². The smallest absolute Gasteiger partial charge is 0.162 e. The van der Waals surface area contributed by atoms with Crippen molar-refractivity contribution in [1.29, 1.82) is 0 Å². The third-order valence-electron chi connectivity index (χ3n) is 2.58. The summed E-state index contributed by atoms with van der Waals surface area (Å²) in [7, 11) is 1.71. The molecule has 2 rings (SSSR count). The van der Waals surface area contributed by atoms with E-state index < -0.39 is 0 Å². The first-order valence-corrected chi connectivity index (χ1v) is 9.05. The Bertz CT molecular complexity index is 225. The largest absolute Gasteiger partial charge is 0.379 e. The van der Waals surface area contributed by atoms with Gasteiger partial charge in [-0.25, -0.2) is 0 Å². The van der Waals surface area contributed by atoms with Crippen LogP contribution in [0.4, 0.5) is 0 Å². The van der Waals surface area contributed by atoms with Crippen LogP contribution in [0.5, 0.6) is 0 Å². The molecule has 2 fully saturated rings. The summed E-state index contributed by atoms with van der Waals surface area (Å²) < 4.78 is 15.7. The van der Waals surface area contributed by atoms with Crippen molar-refractivity contribution in [1.82, 2.24) is 0 Å². The van der Waals surface area contributed by atoms with Crippen LogP contribution in [-0.2, 0) is 14.2 Å². The molecule has 2 aliphatic rings. The van der Waals surface area contributed by atoms with Crippen LogP contribution in [0.15, 0.2) is 0 Å². The molecule has 0 atom stereocenters. The van der Waals surface area contributed by atoms with Gasteiger partial charge >= 0.3 is 0 Å². The van der Waals surface area contributed by atoms with Gasteiger partial charge in [-0.1, -0.05) is 14.9 Å². The van der Waals surface area contributed by atoms with Crippen molar-refractivity contribution in [2.45, 2.75) is 78.8 Å². The van der Waals surface area contributed by atoms with Crippen molar-refractivity contribution < 1.29 is 14.2 Å². The van der Waals surface area contributed by atoms with Gasteiger partial charge in [-0.15, -0.1) is 23.5 Å². The molecule has 0 bridgehead atoms. The number of hydrogen-bond acceptors (Lipinski definition) is 5. The topological polar surface area (TPSA) is 27.7 Å². The first-order chi connectivity index (χ1) is 8.97. The molecule has 2 saturated heterocycles. The summed E-state index contributed by atoms with van der Waals surface area (Å²) in [6.45, 7) is 16.0. The molecule has 5 heteroatoms. The van der Waals surface area contributed by atoms with Gasteiger partial charge in [-0.2, -0.15) is 0 Å². The van der Waals surface area contributed by atoms with E-state index in [1.165, 1.54) is 11.5 Å². The van der Waals surface area contributed by atoms with E-state index in [-0.39, 0.29) is 26.2 Å². The van der Waals surface area contributed by atoms with E-state index in [2.05, 4.69) is 37.4 Å². The zero-order valence-corrected chi connectivity index (χ0v) is 16.0. The van der Waals surface area contributed by atoms with Crippen LogP contribution in [-0.4, -0.2) is 47.3 Å². The average molecular weight is 357 g/mol. The fourth-order valence-electron chi connectivity index (χ4n) is 1.23. The van der Waals surface area contributed by atoms with Gasteiger partial charge in [0.05, 0.1) is 22.9 Å². The fraction of sp³-hybridized carbons (Fsp3) is 1.00. The highest BCUT2D eigenvalue weighted by Crippen LogP contribution is 2.42. The molecule has 0 aromatic heterocycles. The zero-order chi connectivity index (χ0) is 15.9. The van der Waals surface area contributed by atoms with Crippen LogP contribution in [0.2, 0.25) is 0 Å². The monoisotopic (exact) mass is 356 g/mol. The van der Waals surface area contributed by atoms with Crippen LogP contribution in [0.1, 0.15) is 63.3 Å². The molecule has 0 unspecified atom stereocenters. The van der Waals surface area contributed by atoms with Crippen LogP contribution >= 0.6 is 23.5 Å². The molecule has 138 valence electrons. The standard InChI is InChI=1S/C5H10O2.C5H12O.C5H10S2.2CH4/c1-5(2)6-3-4-7-5;1-5(2,3)6-4;1-5(2)6-3-4-7-5;;/h3-4H2,1-2H3;1-4H3;3-4H2,1-2H3;2*1H4. The van der Waals surface area contributed by atoms with E-state index in [1.54, 1.807) is 7.11 Å². The minimum atomic E-state index is -0.306. The highest BCUT2D eigenvalue weighted by atomic mass is 32.2. The summed E-state index contributed by atoms with van der Waals surface area (Å²) in [6.07, 6.45) is 0. The molecule has 0 aromatic rings. The van der Waals surface area contributed by atoms with Crippen molar-refractivity contribution in [3.05, 3.63) is 0 Å². The first-order valence-electron chi connectivity index (χ1n) is 7.08. The summed E-state index contributed by atoms with van der Waals surface area (Å²) in [6, 6.07) is 0. The van der Waals surface area contributed by atoms with E-state index in [4.69, 9.17) is 14.2 Å². The van der Waals surface area contributed by atoms with E-state index in [0.717, 1.165) is 13.2 Å². The summed E-state index contributed by atoms with van der Waals surface area (Å²) in [5.41, 5.74) is 0.0417. The van der Waals surface area contributed by atoms with Gasteiger partial charge < -0.3 is 14.2 Å². The van der Waals surface area contributed by atoms with Crippen molar-refractivity contribution in [2.24, 2.45) is 0 Å². The Morgan fingerprint density at radius 3 is 1.27 bits per heavy atom. The van der Waals surface area contributed by atoms with Gasteiger partial charge in [0.15, 0.2) is 5.79 Å². The average Bonchev–Trinajstić information content (AvgIpc) is 2.87. The molecule has 0 radical (unpaired) electrons. The van der Waals surface area contributed by atoms with Crippen molar-refractivity contribution in [2.75, 3.05) is 31.8 Å². The summed E-state index contributed by atoms with van der Waals surface area (Å²) in [5.74, 6) is 2.38. The number of hydrogen-bond donors (Lipinski definition) is 0. The third kappa shape index (κ3) is 16.9. The summed E-state index contributed by atoms with van der Waals surface area (Å²) in [4.78, 5) is 0. The number of methoxy groups -OCH3 is 1. The van der Waals surface area contributed by atoms with Crippen LogP contribution < -0.4 is 0 Å². The van der Waals surface area contributed by atoms with Crippen LogP contribution in [0, 0.1) is 0 Å². The van der Waals surface area contributed by atoms with Gasteiger partial charge in [-0.3, -0.25) is 0 Å². The maximum absolute atomic E-state index is 5.12. The van der Waals surface area contributed by atoms with Crippen molar-refractivity contribution >= 4 is 23.5 Å². The summed E-state index contributed by atoms with van der Waals surface area (Å²) >= 11 is 4.12. The van der Waals surface area contributed by atoms with E-state index in [9.17, 15) is 0 Å². The molecule has 22 heavy (non-hydrogen) atoms. The predicted molar refractivity (Wildman–Crippen MR) is 105 cm³/mol. The Hall–Kier alpha value is 0.580. The lowest BCUT2D eigenvalue weighted by atomic mass is 10.2. The Balaban J connectivity index is -0.000000237. The number of rotatable bonds is 0. The number of thioether (sulfide) groups is 2. The normalized spacial score (nSPS) is 21.3. The Morgan fingerprint density at radius 1 is 0.864 bits per heavy atom. The summed E-state index contributed by atoms with van der Waals surface area (Å²) in [5, 5.41) is 0.